The summed E-state index contributed by atoms with van der Waals surface area (Å²) in [4.78, 5) is 10.7. The average Bonchev–Trinajstić information content (AvgIpc) is 2.39. The van der Waals surface area contributed by atoms with Crippen LogP contribution < -0.4 is 10.5 Å². The Bertz CT molecular complexity index is 408. The van der Waals surface area contributed by atoms with Gasteiger partial charge in [-0.1, -0.05) is 6.92 Å². The van der Waals surface area contributed by atoms with E-state index in [-0.39, 0.29) is 18.2 Å². The van der Waals surface area contributed by atoms with Crippen LogP contribution in [0.2, 0.25) is 0 Å². The Morgan fingerprint density at radius 2 is 2.05 bits per heavy atom. The first-order valence-electron chi connectivity index (χ1n) is 6.81. The monoisotopic (exact) mass is 283 g/mol. The van der Waals surface area contributed by atoms with Crippen LogP contribution in [0.4, 0.5) is 4.39 Å². The smallest absolute Gasteiger partial charge is 0.303 e. The zero-order valence-corrected chi connectivity index (χ0v) is 11.7. The van der Waals surface area contributed by atoms with E-state index in [2.05, 4.69) is 6.92 Å². The van der Waals surface area contributed by atoms with Gasteiger partial charge in [0.2, 0.25) is 0 Å². The Balaban J connectivity index is 2.26. The summed E-state index contributed by atoms with van der Waals surface area (Å²) in [6.45, 7) is 2.96. The van der Waals surface area contributed by atoms with Gasteiger partial charge in [0.05, 0.1) is 6.61 Å². The minimum Gasteiger partial charge on any atom is -0.494 e. The molecule has 0 bridgehead atoms. The molecule has 3 N–H and O–H groups in total. The number of hydrogen-bond acceptors (Lipinski definition) is 3. The number of nitrogens with two attached hydrogens (primary N) is 1. The number of carbonyl (C=O) groups is 1. The molecule has 1 aromatic rings. The van der Waals surface area contributed by atoms with Crippen molar-refractivity contribution in [3.05, 3.63) is 30.1 Å². The molecule has 0 fully saturated rings. The van der Waals surface area contributed by atoms with Gasteiger partial charge in [0, 0.05) is 6.42 Å². The number of ether oxygens (including phenoxy) is 1. The molecule has 112 valence electrons. The second-order valence-corrected chi connectivity index (χ2v) is 5.13. The van der Waals surface area contributed by atoms with Crippen LogP contribution in [-0.4, -0.2) is 24.2 Å². The molecule has 0 aliphatic carbocycles. The Kier molecular flexibility index (Phi) is 7.01. The van der Waals surface area contributed by atoms with Crippen LogP contribution in [0.15, 0.2) is 24.3 Å². The summed E-state index contributed by atoms with van der Waals surface area (Å²) in [7, 11) is 0. The minimum absolute atomic E-state index is 0.00770. The van der Waals surface area contributed by atoms with Gasteiger partial charge in [0.1, 0.15) is 11.6 Å². The fraction of sp³-hybridized carbons (Fsp3) is 0.533. The third-order valence-electron chi connectivity index (χ3n) is 3.23. The maximum atomic E-state index is 12.7. The van der Waals surface area contributed by atoms with Crippen molar-refractivity contribution < 1.29 is 19.0 Å². The summed E-state index contributed by atoms with van der Waals surface area (Å²) >= 11 is 0. The number of hydrogen-bond donors (Lipinski definition) is 2. The van der Waals surface area contributed by atoms with Crippen LogP contribution in [-0.2, 0) is 4.79 Å². The molecule has 0 saturated heterocycles. The fourth-order valence-corrected chi connectivity index (χ4v) is 2.11. The first-order chi connectivity index (χ1) is 9.51. The highest BCUT2D eigenvalue weighted by Gasteiger charge is 2.15. The summed E-state index contributed by atoms with van der Waals surface area (Å²) < 4.78 is 18.2. The number of aliphatic carboxylic acids is 1. The lowest BCUT2D eigenvalue weighted by molar-refractivity contribution is -0.138. The largest absolute Gasteiger partial charge is 0.494 e. The number of rotatable bonds is 9. The molecular formula is C15H22FNO3. The van der Waals surface area contributed by atoms with Gasteiger partial charge in [-0.15, -0.1) is 0 Å². The van der Waals surface area contributed by atoms with Crippen molar-refractivity contribution in [1.29, 1.82) is 0 Å². The molecule has 0 radical (unpaired) electrons. The first-order valence-corrected chi connectivity index (χ1v) is 6.81. The van der Waals surface area contributed by atoms with Crippen molar-refractivity contribution in [1.82, 2.24) is 0 Å². The van der Waals surface area contributed by atoms with E-state index in [4.69, 9.17) is 15.6 Å². The molecule has 20 heavy (non-hydrogen) atoms. The zero-order chi connectivity index (χ0) is 15.0. The molecule has 5 heteroatoms. The highest BCUT2D eigenvalue weighted by Crippen LogP contribution is 2.19. The molecule has 0 saturated carbocycles. The first kappa shape index (κ1) is 16.4. The van der Waals surface area contributed by atoms with E-state index < -0.39 is 5.97 Å². The normalized spacial score (nSPS) is 13.8. The van der Waals surface area contributed by atoms with Crippen molar-refractivity contribution >= 4 is 5.97 Å². The lowest BCUT2D eigenvalue weighted by Crippen LogP contribution is -2.21. The second-order valence-electron chi connectivity index (χ2n) is 5.13. The lowest BCUT2D eigenvalue weighted by Gasteiger charge is -2.18. The molecule has 0 aromatic heterocycles. The van der Waals surface area contributed by atoms with Crippen molar-refractivity contribution in [2.75, 3.05) is 13.2 Å². The second kappa shape index (κ2) is 8.53. The van der Waals surface area contributed by atoms with Gasteiger partial charge < -0.3 is 15.6 Å². The van der Waals surface area contributed by atoms with Gasteiger partial charge in [-0.25, -0.2) is 4.39 Å². The van der Waals surface area contributed by atoms with E-state index >= 15 is 0 Å². The molecule has 0 spiro atoms. The number of carboxylic acids is 1. The van der Waals surface area contributed by atoms with Gasteiger partial charge in [0.25, 0.3) is 0 Å². The summed E-state index contributed by atoms with van der Waals surface area (Å²) in [6.07, 6.45) is 1.70. The van der Waals surface area contributed by atoms with Gasteiger partial charge in [-0.2, -0.15) is 0 Å². The Hall–Kier alpha value is -1.62. The predicted molar refractivity (Wildman–Crippen MR) is 75.1 cm³/mol. The van der Waals surface area contributed by atoms with Gasteiger partial charge >= 0.3 is 5.97 Å². The predicted octanol–water partition coefficient (Wildman–Crippen LogP) is 2.67. The van der Waals surface area contributed by atoms with Gasteiger partial charge in [0.15, 0.2) is 0 Å². The summed E-state index contributed by atoms with van der Waals surface area (Å²) in [6, 6.07) is 5.90. The Labute approximate surface area is 118 Å². The van der Waals surface area contributed by atoms with Gasteiger partial charge in [-0.3, -0.25) is 4.79 Å². The quantitative estimate of drug-likeness (QED) is 0.731. The van der Waals surface area contributed by atoms with E-state index in [9.17, 15) is 9.18 Å². The molecule has 1 unspecified atom stereocenters. The maximum absolute atomic E-state index is 12.7. The van der Waals surface area contributed by atoms with Gasteiger partial charge in [-0.05, 0) is 55.5 Å². The third-order valence-corrected chi connectivity index (χ3v) is 3.23. The summed E-state index contributed by atoms with van der Waals surface area (Å²) in [5.41, 5.74) is 5.57. The zero-order valence-electron chi connectivity index (χ0n) is 11.7. The van der Waals surface area contributed by atoms with E-state index in [0.29, 0.717) is 24.8 Å². The number of halogens is 1. The van der Waals surface area contributed by atoms with E-state index in [1.807, 2.05) is 0 Å². The highest BCUT2D eigenvalue weighted by atomic mass is 19.1. The van der Waals surface area contributed by atoms with E-state index in [1.54, 1.807) is 12.1 Å². The molecule has 4 nitrogen and oxygen atoms in total. The van der Waals surface area contributed by atoms with Crippen molar-refractivity contribution in [2.45, 2.75) is 26.2 Å². The highest BCUT2D eigenvalue weighted by molar-refractivity contribution is 5.67. The SMILES string of the molecule is CC(CCOc1ccc(F)cc1)C[C@H](CN)CC(=O)O. The topological polar surface area (TPSA) is 72.5 Å². The van der Waals surface area contributed by atoms with Crippen molar-refractivity contribution in [3.8, 4) is 5.75 Å². The summed E-state index contributed by atoms with van der Waals surface area (Å²) in [5, 5.41) is 8.76. The molecule has 1 aromatic carbocycles. The van der Waals surface area contributed by atoms with E-state index in [1.165, 1.54) is 12.1 Å². The molecule has 0 aliphatic heterocycles. The number of carboxylic acid groups (broad SMARTS) is 1. The van der Waals surface area contributed by atoms with Crippen LogP contribution in [0.5, 0.6) is 5.75 Å². The molecular weight excluding hydrogens is 261 g/mol. The molecule has 2 atom stereocenters. The van der Waals surface area contributed by atoms with Crippen LogP contribution in [0.1, 0.15) is 26.2 Å². The third kappa shape index (κ3) is 6.52. The maximum Gasteiger partial charge on any atom is 0.303 e. The van der Waals surface area contributed by atoms with E-state index in [0.717, 1.165) is 12.8 Å². The fourth-order valence-electron chi connectivity index (χ4n) is 2.11. The van der Waals surface area contributed by atoms with Crippen molar-refractivity contribution in [2.24, 2.45) is 17.6 Å². The molecule has 0 aliphatic rings. The Morgan fingerprint density at radius 3 is 2.60 bits per heavy atom. The van der Waals surface area contributed by atoms with Crippen LogP contribution in [0, 0.1) is 17.7 Å². The number of benzene rings is 1. The summed E-state index contributed by atoms with van der Waals surface area (Å²) in [5.74, 6) is -0.114. The standard InChI is InChI=1S/C15H22FNO3/c1-11(8-12(10-17)9-15(18)19)6-7-20-14-4-2-13(16)3-5-14/h2-5,11-12H,6-10,17H2,1H3,(H,18,19)/t11?,12-/m0/s1. The Morgan fingerprint density at radius 1 is 1.40 bits per heavy atom. The average molecular weight is 283 g/mol. The van der Waals surface area contributed by atoms with Crippen LogP contribution >= 0.6 is 0 Å². The molecule has 1 rings (SSSR count). The lowest BCUT2D eigenvalue weighted by atomic mass is 9.91. The molecule has 0 heterocycles. The van der Waals surface area contributed by atoms with Crippen LogP contribution in [0.25, 0.3) is 0 Å². The van der Waals surface area contributed by atoms with Crippen molar-refractivity contribution in [3.63, 3.8) is 0 Å². The molecule has 0 amide bonds. The van der Waals surface area contributed by atoms with Crippen LogP contribution in [0.3, 0.4) is 0 Å². The minimum atomic E-state index is -0.810.